The van der Waals surface area contributed by atoms with Crippen LogP contribution in [0.25, 0.3) is 10.8 Å². The number of nitrogen functional groups attached to an aromatic ring is 1. The molecule has 3 aromatic rings. The minimum absolute atomic E-state index is 0.0526. The van der Waals surface area contributed by atoms with Crippen molar-refractivity contribution in [1.29, 1.82) is 0 Å². The van der Waals surface area contributed by atoms with E-state index in [1.54, 1.807) is 12.1 Å². The van der Waals surface area contributed by atoms with Crippen molar-refractivity contribution in [2.24, 2.45) is 0 Å². The van der Waals surface area contributed by atoms with E-state index >= 15 is 0 Å². The zero-order chi connectivity index (χ0) is 14.1. The van der Waals surface area contributed by atoms with Crippen LogP contribution >= 0.6 is 0 Å². The molecular weight excluding hydrogens is 260 g/mol. The first-order valence-electron chi connectivity index (χ1n) is 6.06. The second kappa shape index (κ2) is 4.81. The Bertz CT molecular complexity index is 781. The Balaban J connectivity index is 2.13. The molecule has 0 aromatic heterocycles. The molecule has 0 aliphatic heterocycles. The summed E-state index contributed by atoms with van der Waals surface area (Å²) < 4.78 is 32.5. The van der Waals surface area contributed by atoms with E-state index in [9.17, 15) is 8.78 Å². The summed E-state index contributed by atoms with van der Waals surface area (Å²) in [4.78, 5) is 0. The van der Waals surface area contributed by atoms with Gasteiger partial charge in [-0.25, -0.2) is 4.39 Å². The molecule has 3 rings (SSSR count). The van der Waals surface area contributed by atoms with Crippen molar-refractivity contribution in [1.82, 2.24) is 0 Å². The van der Waals surface area contributed by atoms with E-state index in [1.807, 2.05) is 30.3 Å². The molecule has 2 nitrogen and oxygen atoms in total. The first-order chi connectivity index (χ1) is 9.66. The molecule has 0 saturated heterocycles. The third kappa shape index (κ3) is 2.05. The normalized spacial score (nSPS) is 10.7. The molecule has 0 unspecified atom stereocenters. The summed E-state index contributed by atoms with van der Waals surface area (Å²) >= 11 is 0. The Kier molecular flexibility index (Phi) is 2.99. The highest BCUT2D eigenvalue weighted by atomic mass is 19.2. The fraction of sp³-hybridized carbons (Fsp3) is 0. The molecule has 0 spiro atoms. The number of hydrogen-bond donors (Lipinski definition) is 1. The van der Waals surface area contributed by atoms with Gasteiger partial charge in [0.05, 0.1) is 5.69 Å². The van der Waals surface area contributed by atoms with Crippen LogP contribution in [0.2, 0.25) is 0 Å². The van der Waals surface area contributed by atoms with Gasteiger partial charge in [-0.2, -0.15) is 4.39 Å². The standard InChI is InChI=1S/C16H11F2NO/c17-12-8-9-13(19)16(15(12)18)20-14-7-3-5-10-4-1-2-6-11(10)14/h1-9H,19H2. The maximum Gasteiger partial charge on any atom is 0.203 e. The van der Waals surface area contributed by atoms with E-state index in [4.69, 9.17) is 10.5 Å². The van der Waals surface area contributed by atoms with Crippen LogP contribution < -0.4 is 10.5 Å². The second-order valence-electron chi connectivity index (χ2n) is 4.36. The highest BCUT2D eigenvalue weighted by molar-refractivity contribution is 5.88. The summed E-state index contributed by atoms with van der Waals surface area (Å²) in [6, 6.07) is 15.1. The molecule has 0 heterocycles. The van der Waals surface area contributed by atoms with E-state index in [0.29, 0.717) is 5.75 Å². The van der Waals surface area contributed by atoms with Gasteiger partial charge < -0.3 is 10.5 Å². The van der Waals surface area contributed by atoms with Gasteiger partial charge in [0.25, 0.3) is 0 Å². The molecule has 0 amide bonds. The molecule has 2 N–H and O–H groups in total. The van der Waals surface area contributed by atoms with Gasteiger partial charge >= 0.3 is 0 Å². The number of anilines is 1. The summed E-state index contributed by atoms with van der Waals surface area (Å²) in [6.07, 6.45) is 0. The smallest absolute Gasteiger partial charge is 0.203 e. The third-order valence-corrected chi connectivity index (χ3v) is 3.04. The number of hydrogen-bond acceptors (Lipinski definition) is 2. The first-order valence-corrected chi connectivity index (χ1v) is 6.06. The Morgan fingerprint density at radius 1 is 0.850 bits per heavy atom. The van der Waals surface area contributed by atoms with Gasteiger partial charge in [-0.3, -0.25) is 0 Å². The number of benzene rings is 3. The molecule has 20 heavy (non-hydrogen) atoms. The number of ether oxygens (including phenoxy) is 1. The highest BCUT2D eigenvalue weighted by Gasteiger charge is 2.15. The van der Waals surface area contributed by atoms with E-state index in [1.165, 1.54) is 6.07 Å². The van der Waals surface area contributed by atoms with Crippen LogP contribution in [0.1, 0.15) is 0 Å². The molecule has 0 bridgehead atoms. The fourth-order valence-electron chi connectivity index (χ4n) is 2.05. The highest BCUT2D eigenvalue weighted by Crippen LogP contribution is 2.35. The number of nitrogens with two attached hydrogens (primary N) is 1. The Morgan fingerprint density at radius 2 is 1.60 bits per heavy atom. The molecule has 0 fully saturated rings. The van der Waals surface area contributed by atoms with Crippen LogP contribution in [0, 0.1) is 11.6 Å². The van der Waals surface area contributed by atoms with Gasteiger partial charge in [0, 0.05) is 5.39 Å². The van der Waals surface area contributed by atoms with E-state index < -0.39 is 11.6 Å². The maximum atomic E-state index is 13.8. The molecule has 100 valence electrons. The van der Waals surface area contributed by atoms with Gasteiger partial charge in [-0.05, 0) is 23.6 Å². The molecule has 3 aromatic carbocycles. The zero-order valence-electron chi connectivity index (χ0n) is 10.4. The molecule has 0 radical (unpaired) electrons. The average Bonchev–Trinajstić information content (AvgIpc) is 2.48. The van der Waals surface area contributed by atoms with Gasteiger partial charge in [0.2, 0.25) is 5.82 Å². The largest absolute Gasteiger partial charge is 0.451 e. The predicted molar refractivity (Wildman–Crippen MR) is 74.8 cm³/mol. The van der Waals surface area contributed by atoms with Crippen LogP contribution in [0.3, 0.4) is 0 Å². The van der Waals surface area contributed by atoms with E-state index in [2.05, 4.69) is 0 Å². The van der Waals surface area contributed by atoms with Crippen LogP contribution in [0.15, 0.2) is 54.6 Å². The van der Waals surface area contributed by atoms with Crippen molar-refractivity contribution in [2.45, 2.75) is 0 Å². The van der Waals surface area contributed by atoms with Gasteiger partial charge in [-0.15, -0.1) is 0 Å². The lowest BCUT2D eigenvalue weighted by atomic mass is 10.1. The molecule has 0 saturated carbocycles. The summed E-state index contributed by atoms with van der Waals surface area (Å²) in [7, 11) is 0. The second-order valence-corrected chi connectivity index (χ2v) is 4.36. The van der Waals surface area contributed by atoms with Crippen molar-refractivity contribution in [3.63, 3.8) is 0 Å². The van der Waals surface area contributed by atoms with Crippen molar-refractivity contribution in [2.75, 3.05) is 5.73 Å². The van der Waals surface area contributed by atoms with Gasteiger partial charge in [0.15, 0.2) is 11.6 Å². The number of halogens is 2. The van der Waals surface area contributed by atoms with Gasteiger partial charge in [-0.1, -0.05) is 36.4 Å². The molecular formula is C16H11F2NO. The lowest BCUT2D eigenvalue weighted by Crippen LogP contribution is -1.98. The lowest BCUT2D eigenvalue weighted by molar-refractivity contribution is 0.421. The van der Waals surface area contributed by atoms with Crippen molar-refractivity contribution in [3.05, 3.63) is 66.2 Å². The van der Waals surface area contributed by atoms with Crippen molar-refractivity contribution in [3.8, 4) is 11.5 Å². The van der Waals surface area contributed by atoms with Crippen LogP contribution in [0.4, 0.5) is 14.5 Å². The summed E-state index contributed by atoms with van der Waals surface area (Å²) in [5.41, 5.74) is 5.70. The molecule has 0 aliphatic rings. The number of fused-ring (bicyclic) bond motifs is 1. The van der Waals surface area contributed by atoms with Gasteiger partial charge in [0.1, 0.15) is 5.75 Å². The monoisotopic (exact) mass is 271 g/mol. The van der Waals surface area contributed by atoms with Crippen LogP contribution in [-0.2, 0) is 0 Å². The summed E-state index contributed by atoms with van der Waals surface area (Å²) in [5, 5.41) is 1.75. The quantitative estimate of drug-likeness (QED) is 0.697. The Hall–Kier alpha value is -2.62. The third-order valence-electron chi connectivity index (χ3n) is 3.04. The zero-order valence-corrected chi connectivity index (χ0v) is 10.4. The Labute approximate surface area is 114 Å². The summed E-state index contributed by atoms with van der Waals surface area (Å²) in [5.74, 6) is -1.94. The van der Waals surface area contributed by atoms with Crippen LogP contribution in [0.5, 0.6) is 11.5 Å². The lowest BCUT2D eigenvalue weighted by Gasteiger charge is -2.12. The summed E-state index contributed by atoms with van der Waals surface area (Å²) in [6.45, 7) is 0. The van der Waals surface area contributed by atoms with Crippen molar-refractivity contribution < 1.29 is 13.5 Å². The first kappa shape index (κ1) is 12.4. The minimum atomic E-state index is -1.09. The minimum Gasteiger partial charge on any atom is -0.451 e. The van der Waals surface area contributed by atoms with Crippen LogP contribution in [-0.4, -0.2) is 0 Å². The number of rotatable bonds is 2. The average molecular weight is 271 g/mol. The topological polar surface area (TPSA) is 35.2 Å². The van der Waals surface area contributed by atoms with E-state index in [-0.39, 0.29) is 11.4 Å². The fourth-order valence-corrected chi connectivity index (χ4v) is 2.05. The van der Waals surface area contributed by atoms with Crippen molar-refractivity contribution >= 4 is 16.5 Å². The SMILES string of the molecule is Nc1ccc(F)c(F)c1Oc1cccc2ccccc12. The molecule has 0 aliphatic carbocycles. The predicted octanol–water partition coefficient (Wildman–Crippen LogP) is 4.49. The maximum absolute atomic E-state index is 13.8. The Morgan fingerprint density at radius 3 is 2.45 bits per heavy atom. The van der Waals surface area contributed by atoms with E-state index in [0.717, 1.165) is 16.8 Å². The molecule has 0 atom stereocenters. The molecule has 4 heteroatoms.